The molecular weight excluding hydrogens is 535 g/mol. The molecular formula is C27H28N3O5Y-. The van der Waals surface area contributed by atoms with Crippen molar-refractivity contribution in [1.82, 2.24) is 16.2 Å². The number of aliphatic carboxylic acids is 1. The Morgan fingerprint density at radius 2 is 1.44 bits per heavy atom. The van der Waals surface area contributed by atoms with Gasteiger partial charge in [0.15, 0.2) is 0 Å². The number of carbonyl (C=O) groups is 4. The smallest absolute Gasteiger partial charge is 0.305 e. The zero-order valence-corrected chi connectivity index (χ0v) is 23.0. The Balaban J connectivity index is 0.00000228. The third kappa shape index (κ3) is 6.17. The Morgan fingerprint density at radius 3 is 2.06 bits per heavy atom. The Kier molecular flexibility index (Phi) is 9.90. The largest absolute Gasteiger partial charge is 0.481 e. The van der Waals surface area contributed by atoms with E-state index < -0.39 is 35.1 Å². The molecule has 36 heavy (non-hydrogen) atoms. The zero-order valence-electron chi connectivity index (χ0n) is 20.2. The maximum atomic E-state index is 13.3. The Morgan fingerprint density at radius 1 is 0.861 bits per heavy atom. The van der Waals surface area contributed by atoms with E-state index in [1.54, 1.807) is 19.1 Å². The molecule has 0 heterocycles. The molecule has 1 atom stereocenters. The van der Waals surface area contributed by atoms with E-state index in [-0.39, 0.29) is 59.4 Å². The predicted molar refractivity (Wildman–Crippen MR) is 132 cm³/mol. The van der Waals surface area contributed by atoms with E-state index in [2.05, 4.69) is 16.2 Å². The van der Waals surface area contributed by atoms with Gasteiger partial charge in [-0.05, 0) is 53.8 Å². The summed E-state index contributed by atoms with van der Waals surface area (Å²) < 4.78 is 0. The van der Waals surface area contributed by atoms with Gasteiger partial charge in [-0.2, -0.15) is 0 Å². The minimum Gasteiger partial charge on any atom is -0.481 e. The second kappa shape index (κ2) is 12.2. The van der Waals surface area contributed by atoms with Crippen LogP contribution in [0.4, 0.5) is 0 Å². The van der Waals surface area contributed by atoms with Gasteiger partial charge in [0.25, 0.3) is 11.8 Å². The van der Waals surface area contributed by atoms with Crippen molar-refractivity contribution in [1.29, 1.82) is 0 Å². The van der Waals surface area contributed by atoms with Gasteiger partial charge < -0.3 is 17.8 Å². The summed E-state index contributed by atoms with van der Waals surface area (Å²) in [6.07, 6.45) is 0.0219. The molecule has 0 fully saturated rings. The average Bonchev–Trinajstić information content (AvgIpc) is 3.22. The van der Waals surface area contributed by atoms with E-state index in [1.807, 2.05) is 54.6 Å². The quantitative estimate of drug-likeness (QED) is 0.209. The van der Waals surface area contributed by atoms with Gasteiger partial charge in [0.05, 0.1) is 6.42 Å². The first-order valence-electron chi connectivity index (χ1n) is 11.0. The van der Waals surface area contributed by atoms with E-state index in [9.17, 15) is 19.2 Å². The number of hydrogen-bond acceptors (Lipinski definition) is 4. The van der Waals surface area contributed by atoms with Crippen molar-refractivity contribution < 1.29 is 57.0 Å². The summed E-state index contributed by atoms with van der Waals surface area (Å²) in [6, 6.07) is 19.5. The monoisotopic (exact) mass is 563 g/mol. The summed E-state index contributed by atoms with van der Waals surface area (Å²) in [4.78, 5) is 50.3. The third-order valence-electron chi connectivity index (χ3n) is 6.13. The maximum Gasteiger partial charge on any atom is 0.305 e. The maximum absolute atomic E-state index is 13.3. The van der Waals surface area contributed by atoms with Crippen molar-refractivity contribution in [2.24, 2.45) is 5.41 Å². The van der Waals surface area contributed by atoms with Crippen molar-refractivity contribution in [2.75, 3.05) is 0 Å². The van der Waals surface area contributed by atoms with E-state index in [0.717, 1.165) is 21.9 Å². The molecule has 0 saturated carbocycles. The normalized spacial score (nSPS) is 13.8. The molecule has 3 amide bonds. The first-order valence-corrected chi connectivity index (χ1v) is 11.0. The number of carbonyl (C=O) groups excluding carboxylic acids is 3. The molecule has 3 aromatic rings. The molecule has 1 aliphatic rings. The fraction of sp³-hybridized carbons (Fsp3) is 0.222. The molecule has 4 N–H and O–H groups in total. The molecule has 4 rings (SSSR count). The van der Waals surface area contributed by atoms with Gasteiger partial charge in [-0.25, -0.2) is 0 Å². The van der Waals surface area contributed by atoms with Crippen molar-refractivity contribution in [3.05, 3.63) is 90.8 Å². The summed E-state index contributed by atoms with van der Waals surface area (Å²) >= 11 is 0. The van der Waals surface area contributed by atoms with E-state index in [1.165, 1.54) is 0 Å². The third-order valence-corrected chi connectivity index (χ3v) is 6.13. The summed E-state index contributed by atoms with van der Waals surface area (Å²) in [5.74, 6) is -2.79. The van der Waals surface area contributed by atoms with Crippen LogP contribution >= 0.6 is 0 Å². The van der Waals surface area contributed by atoms with Crippen LogP contribution in [-0.2, 0) is 59.9 Å². The van der Waals surface area contributed by atoms with Crippen LogP contribution in [0.5, 0.6) is 0 Å². The van der Waals surface area contributed by atoms with Gasteiger partial charge in [-0.1, -0.05) is 54.6 Å². The molecule has 1 aliphatic carbocycles. The molecule has 0 unspecified atom stereocenters. The first kappa shape index (κ1) is 29.1. The second-order valence-electron chi connectivity index (χ2n) is 8.65. The molecule has 3 aromatic carbocycles. The van der Waals surface area contributed by atoms with Gasteiger partial charge in [0.1, 0.15) is 5.41 Å². The van der Waals surface area contributed by atoms with Crippen molar-refractivity contribution in [3.63, 3.8) is 0 Å². The van der Waals surface area contributed by atoms with Crippen LogP contribution in [0.2, 0.25) is 0 Å². The molecule has 0 aliphatic heterocycles. The predicted octanol–water partition coefficient (Wildman–Crippen LogP) is 2.81. The minimum absolute atomic E-state index is 0. The first-order chi connectivity index (χ1) is 16.3. The number of rotatable bonds is 6. The Labute approximate surface area is 235 Å². The SMILES string of the molecule is C[C@H](CC(=O)O)NC(=O)C1(C(=O)NNC(=O)c2ccc3ccccc3c2)Cc2ccccc2C1.[CH3-].[Y]. The number of benzene rings is 3. The fourth-order valence-corrected chi connectivity index (χ4v) is 4.35. The van der Waals surface area contributed by atoms with Crippen LogP contribution in [0.3, 0.4) is 0 Å². The van der Waals surface area contributed by atoms with Gasteiger partial charge in [0, 0.05) is 44.3 Å². The number of amides is 3. The molecule has 0 bridgehead atoms. The van der Waals surface area contributed by atoms with Crippen LogP contribution in [0, 0.1) is 12.8 Å². The number of carboxylic acid groups (broad SMARTS) is 1. The molecule has 9 heteroatoms. The minimum atomic E-state index is -1.51. The van der Waals surface area contributed by atoms with E-state index in [0.29, 0.717) is 5.56 Å². The zero-order chi connectivity index (χ0) is 24.3. The number of carboxylic acids is 1. The number of hydrazine groups is 1. The molecule has 185 valence electrons. The van der Waals surface area contributed by atoms with Crippen LogP contribution < -0.4 is 16.2 Å². The molecule has 0 saturated heterocycles. The molecule has 0 aromatic heterocycles. The molecule has 1 radical (unpaired) electrons. The Hall–Kier alpha value is -3.10. The van der Waals surface area contributed by atoms with Gasteiger partial charge in [-0.3, -0.25) is 30.0 Å². The van der Waals surface area contributed by atoms with Crippen LogP contribution in [0.15, 0.2) is 66.7 Å². The summed E-state index contributed by atoms with van der Waals surface area (Å²) in [7, 11) is 0. The summed E-state index contributed by atoms with van der Waals surface area (Å²) in [6.45, 7) is 1.57. The van der Waals surface area contributed by atoms with Gasteiger partial charge >= 0.3 is 5.97 Å². The van der Waals surface area contributed by atoms with Crippen LogP contribution in [0.1, 0.15) is 34.8 Å². The van der Waals surface area contributed by atoms with Gasteiger partial charge in [-0.15, -0.1) is 0 Å². The molecule has 0 spiro atoms. The van der Waals surface area contributed by atoms with Crippen molar-refractivity contribution in [3.8, 4) is 0 Å². The number of hydrogen-bond donors (Lipinski definition) is 4. The second-order valence-corrected chi connectivity index (χ2v) is 8.65. The van der Waals surface area contributed by atoms with Crippen LogP contribution in [-0.4, -0.2) is 34.8 Å². The summed E-state index contributed by atoms with van der Waals surface area (Å²) in [5.41, 5.74) is 5.42. The van der Waals surface area contributed by atoms with Crippen LogP contribution in [0.25, 0.3) is 10.8 Å². The fourth-order valence-electron chi connectivity index (χ4n) is 4.35. The topological polar surface area (TPSA) is 125 Å². The standard InChI is InChI=1S/C26H25N3O5.CH3.Y/c1-16(12-22(30)31)27-24(33)26(14-20-8-4-5-9-21(20)15-26)25(34)29-28-23(32)19-11-10-17-6-2-3-7-18(17)13-19;;/h2-11,13,16H,12,14-15H2,1H3,(H,27,33)(H,28,32)(H,29,34)(H,30,31);1H3;/q;-1;/t16-;;/m1../s1. The van der Waals surface area contributed by atoms with E-state index >= 15 is 0 Å². The van der Waals surface area contributed by atoms with E-state index in [4.69, 9.17) is 5.11 Å². The van der Waals surface area contributed by atoms with Gasteiger partial charge in [0.2, 0.25) is 5.91 Å². The average molecular weight is 563 g/mol. The Bertz CT molecular complexity index is 1270. The summed E-state index contributed by atoms with van der Waals surface area (Å²) in [5, 5.41) is 13.5. The number of nitrogens with one attached hydrogen (secondary N) is 3. The number of fused-ring (bicyclic) bond motifs is 2. The van der Waals surface area contributed by atoms with Crippen molar-refractivity contribution in [2.45, 2.75) is 32.2 Å². The van der Waals surface area contributed by atoms with Crippen molar-refractivity contribution >= 4 is 34.5 Å². The molecule has 8 nitrogen and oxygen atoms in total.